The van der Waals surface area contributed by atoms with E-state index in [9.17, 15) is 21.2 Å². The number of halogens is 1. The van der Waals surface area contributed by atoms with Crippen molar-refractivity contribution in [3.63, 3.8) is 0 Å². The zero-order chi connectivity index (χ0) is 15.7. The Morgan fingerprint density at radius 2 is 1.95 bits per heavy atom. The van der Waals surface area contributed by atoms with Gasteiger partial charge in [-0.2, -0.15) is 4.31 Å². The second-order valence-corrected chi connectivity index (χ2v) is 9.09. The molecule has 1 saturated heterocycles. The van der Waals surface area contributed by atoms with Crippen LogP contribution in [0.25, 0.3) is 0 Å². The van der Waals surface area contributed by atoms with Gasteiger partial charge < -0.3 is 5.73 Å². The van der Waals surface area contributed by atoms with E-state index in [2.05, 4.69) is 0 Å². The molecule has 0 unspecified atom stereocenters. The second-order valence-electron chi connectivity index (χ2n) is 4.88. The van der Waals surface area contributed by atoms with Gasteiger partial charge >= 0.3 is 0 Å². The molecule has 1 aromatic rings. The van der Waals surface area contributed by atoms with E-state index in [0.29, 0.717) is 5.56 Å². The van der Waals surface area contributed by atoms with Crippen molar-refractivity contribution >= 4 is 19.9 Å². The van der Waals surface area contributed by atoms with E-state index in [1.165, 1.54) is 12.1 Å². The summed E-state index contributed by atoms with van der Waals surface area (Å²) in [5.74, 6) is -1.16. The van der Waals surface area contributed by atoms with Crippen LogP contribution in [-0.2, 0) is 26.4 Å². The Labute approximate surface area is 123 Å². The molecule has 1 aliphatic rings. The molecule has 0 spiro atoms. The molecule has 1 heterocycles. The molecule has 6 nitrogen and oxygen atoms in total. The Morgan fingerprint density at radius 3 is 2.57 bits per heavy atom. The second kappa shape index (κ2) is 5.99. The highest BCUT2D eigenvalue weighted by atomic mass is 32.2. The molecule has 118 valence electrons. The van der Waals surface area contributed by atoms with E-state index in [4.69, 9.17) is 5.73 Å². The van der Waals surface area contributed by atoms with Gasteiger partial charge in [0.05, 0.1) is 11.5 Å². The number of hydrogen-bond donors (Lipinski definition) is 1. The lowest BCUT2D eigenvalue weighted by atomic mass is 10.2. The molecule has 0 amide bonds. The quantitative estimate of drug-likeness (QED) is 0.844. The summed E-state index contributed by atoms with van der Waals surface area (Å²) in [6.07, 6.45) is 0.212. The lowest BCUT2D eigenvalue weighted by Gasteiger charge is -2.19. The zero-order valence-electron chi connectivity index (χ0n) is 11.3. The highest BCUT2D eigenvalue weighted by Gasteiger charge is 2.30. The molecular weight excluding hydrogens is 319 g/mol. The molecule has 21 heavy (non-hydrogen) atoms. The maximum atomic E-state index is 14.0. The van der Waals surface area contributed by atoms with Gasteiger partial charge in [0.15, 0.2) is 9.84 Å². The lowest BCUT2D eigenvalue weighted by Crippen LogP contribution is -2.34. The van der Waals surface area contributed by atoms with Gasteiger partial charge in [0, 0.05) is 19.6 Å². The third-order valence-electron chi connectivity index (χ3n) is 3.36. The third kappa shape index (κ3) is 3.60. The predicted octanol–water partition coefficient (Wildman–Crippen LogP) is 0.0936. The summed E-state index contributed by atoms with van der Waals surface area (Å²) in [5.41, 5.74) is 5.87. The fourth-order valence-electron chi connectivity index (χ4n) is 2.18. The van der Waals surface area contributed by atoms with E-state index in [1.54, 1.807) is 0 Å². The minimum atomic E-state index is -4.04. The highest BCUT2D eigenvalue weighted by Crippen LogP contribution is 2.22. The molecule has 0 aromatic heterocycles. The molecule has 2 rings (SSSR count). The summed E-state index contributed by atoms with van der Waals surface area (Å²) < 4.78 is 62.9. The molecular formula is C12H17FN2O4S2. The summed E-state index contributed by atoms with van der Waals surface area (Å²) in [6.45, 7) is 0.0294. The largest absolute Gasteiger partial charge is 0.326 e. The van der Waals surface area contributed by atoms with Gasteiger partial charge in [0.1, 0.15) is 10.7 Å². The molecule has 1 aliphatic heterocycles. The van der Waals surface area contributed by atoms with Crippen LogP contribution >= 0.6 is 0 Å². The maximum Gasteiger partial charge on any atom is 0.246 e. The van der Waals surface area contributed by atoms with Crippen LogP contribution in [0.15, 0.2) is 23.1 Å². The average Bonchev–Trinajstić information content (AvgIpc) is 2.59. The zero-order valence-corrected chi connectivity index (χ0v) is 13.0. The molecule has 2 N–H and O–H groups in total. The van der Waals surface area contributed by atoms with Gasteiger partial charge in [-0.3, -0.25) is 0 Å². The maximum absolute atomic E-state index is 14.0. The van der Waals surface area contributed by atoms with Gasteiger partial charge in [0.25, 0.3) is 0 Å². The van der Waals surface area contributed by atoms with Crippen molar-refractivity contribution in [1.82, 2.24) is 4.31 Å². The summed E-state index contributed by atoms with van der Waals surface area (Å²) >= 11 is 0. The average molecular weight is 336 g/mol. The predicted molar refractivity (Wildman–Crippen MR) is 76.3 cm³/mol. The van der Waals surface area contributed by atoms with E-state index < -0.39 is 30.6 Å². The van der Waals surface area contributed by atoms with Crippen molar-refractivity contribution in [1.29, 1.82) is 0 Å². The first-order chi connectivity index (χ1) is 9.76. The Balaban J connectivity index is 2.34. The molecule has 0 saturated carbocycles. The SMILES string of the molecule is NCc1ccc(S(=O)(=O)N2CCCS(=O)(=O)CC2)c(F)c1. The van der Waals surface area contributed by atoms with Crippen LogP contribution < -0.4 is 5.73 Å². The van der Waals surface area contributed by atoms with Crippen LogP contribution in [0.3, 0.4) is 0 Å². The van der Waals surface area contributed by atoms with Crippen LogP contribution in [-0.4, -0.2) is 45.7 Å². The number of rotatable bonds is 3. The smallest absolute Gasteiger partial charge is 0.246 e. The van der Waals surface area contributed by atoms with Crippen molar-refractivity contribution in [3.8, 4) is 0 Å². The van der Waals surface area contributed by atoms with Gasteiger partial charge in [0.2, 0.25) is 10.0 Å². The van der Waals surface area contributed by atoms with E-state index in [1.807, 2.05) is 0 Å². The first-order valence-electron chi connectivity index (χ1n) is 6.45. The third-order valence-corrected chi connectivity index (χ3v) is 7.01. The lowest BCUT2D eigenvalue weighted by molar-refractivity contribution is 0.430. The van der Waals surface area contributed by atoms with Crippen LogP contribution in [0, 0.1) is 5.82 Å². The minimum absolute atomic E-state index is 0.0480. The fraction of sp³-hybridized carbons (Fsp3) is 0.500. The Bertz CT molecular complexity index is 732. The number of nitrogens with zero attached hydrogens (tertiary/aromatic N) is 1. The topological polar surface area (TPSA) is 97.5 Å². The van der Waals surface area contributed by atoms with Crippen LogP contribution in [0.4, 0.5) is 4.39 Å². The molecule has 0 bridgehead atoms. The summed E-state index contributed by atoms with van der Waals surface area (Å²) in [4.78, 5) is -0.445. The number of benzene rings is 1. The van der Waals surface area contributed by atoms with Crippen molar-refractivity contribution < 1.29 is 21.2 Å². The number of nitrogens with two attached hydrogens (primary N) is 1. The number of sulfonamides is 1. The summed E-state index contributed by atoms with van der Waals surface area (Å²) in [6, 6.07) is 3.71. The van der Waals surface area contributed by atoms with Crippen molar-refractivity contribution in [2.75, 3.05) is 24.6 Å². The van der Waals surface area contributed by atoms with Crippen molar-refractivity contribution in [2.45, 2.75) is 17.9 Å². The Hall–Kier alpha value is -1.03. The first kappa shape index (κ1) is 16.3. The summed E-state index contributed by atoms with van der Waals surface area (Å²) in [7, 11) is -7.27. The summed E-state index contributed by atoms with van der Waals surface area (Å²) in [5, 5.41) is 0. The molecule has 9 heteroatoms. The minimum Gasteiger partial charge on any atom is -0.326 e. The van der Waals surface area contributed by atoms with E-state index >= 15 is 0 Å². The van der Waals surface area contributed by atoms with Crippen molar-refractivity contribution in [2.24, 2.45) is 5.73 Å². The Morgan fingerprint density at radius 1 is 1.24 bits per heavy atom. The normalized spacial score (nSPS) is 20.1. The molecule has 1 aromatic carbocycles. The fourth-order valence-corrected chi connectivity index (χ4v) is 5.09. The van der Waals surface area contributed by atoms with Crippen LogP contribution in [0.1, 0.15) is 12.0 Å². The monoisotopic (exact) mass is 336 g/mol. The van der Waals surface area contributed by atoms with Gasteiger partial charge in [-0.15, -0.1) is 0 Å². The Kier molecular flexibility index (Phi) is 4.66. The van der Waals surface area contributed by atoms with Crippen LogP contribution in [0.2, 0.25) is 0 Å². The molecule has 1 fully saturated rings. The molecule has 0 radical (unpaired) electrons. The number of sulfone groups is 1. The van der Waals surface area contributed by atoms with Gasteiger partial charge in [-0.05, 0) is 24.1 Å². The highest BCUT2D eigenvalue weighted by molar-refractivity contribution is 7.91. The molecule has 0 aliphatic carbocycles. The van der Waals surface area contributed by atoms with Gasteiger partial charge in [-0.1, -0.05) is 6.07 Å². The number of hydrogen-bond acceptors (Lipinski definition) is 5. The van der Waals surface area contributed by atoms with Gasteiger partial charge in [-0.25, -0.2) is 21.2 Å². The first-order valence-corrected chi connectivity index (χ1v) is 9.71. The molecule has 0 atom stereocenters. The van der Waals surface area contributed by atoms with Crippen LogP contribution in [0.5, 0.6) is 0 Å². The van der Waals surface area contributed by atoms with E-state index in [-0.39, 0.29) is 37.6 Å². The standard InChI is InChI=1S/C12H17FN2O4S2/c13-11-8-10(9-14)2-3-12(11)21(18,19)15-4-1-6-20(16,17)7-5-15/h2-3,8H,1,4-7,9,14H2. The van der Waals surface area contributed by atoms with Crippen molar-refractivity contribution in [3.05, 3.63) is 29.6 Å². The van der Waals surface area contributed by atoms with E-state index in [0.717, 1.165) is 10.4 Å².